The minimum Gasteiger partial charge on any atom is -0.482 e. The second-order valence-electron chi connectivity index (χ2n) is 8.40. The van der Waals surface area contributed by atoms with Crippen molar-refractivity contribution in [3.8, 4) is 5.75 Å². The molecule has 0 saturated carbocycles. The van der Waals surface area contributed by atoms with Crippen LogP contribution in [0.25, 0.3) is 0 Å². The number of halogens is 2. The lowest BCUT2D eigenvalue weighted by Gasteiger charge is -2.45. The summed E-state index contributed by atoms with van der Waals surface area (Å²) in [6, 6.07) is 9.20. The predicted molar refractivity (Wildman–Crippen MR) is 124 cm³/mol. The zero-order chi connectivity index (χ0) is 22.1. The van der Waals surface area contributed by atoms with Crippen molar-refractivity contribution in [2.24, 2.45) is 5.10 Å². The molecule has 160 valence electrons. The van der Waals surface area contributed by atoms with Crippen LogP contribution in [-0.4, -0.2) is 31.3 Å². The van der Waals surface area contributed by atoms with E-state index in [1.165, 1.54) is 11.3 Å². The average molecular weight is 448 g/mol. The number of fused-ring (bicyclic) bond motifs is 1. The first-order valence-corrected chi connectivity index (χ1v) is 10.6. The van der Waals surface area contributed by atoms with Crippen molar-refractivity contribution in [3.05, 3.63) is 57.1 Å². The summed E-state index contributed by atoms with van der Waals surface area (Å²) in [5.41, 5.74) is 7.26. The van der Waals surface area contributed by atoms with Crippen molar-refractivity contribution < 1.29 is 9.53 Å². The van der Waals surface area contributed by atoms with Crippen LogP contribution in [0.1, 0.15) is 49.8 Å². The molecule has 3 rings (SSSR count). The number of carbonyl (C=O) groups is 1. The maximum absolute atomic E-state index is 12.0. The molecule has 1 aliphatic heterocycles. The molecule has 7 heteroatoms. The third kappa shape index (κ3) is 4.90. The van der Waals surface area contributed by atoms with E-state index in [1.54, 1.807) is 24.4 Å². The van der Waals surface area contributed by atoms with E-state index in [2.05, 4.69) is 62.3 Å². The maximum Gasteiger partial charge on any atom is 0.277 e. The molecule has 0 spiro atoms. The molecule has 0 aliphatic carbocycles. The lowest BCUT2D eigenvalue weighted by molar-refractivity contribution is -0.123. The molecule has 0 unspecified atom stereocenters. The molecule has 2 aromatic rings. The number of rotatable bonds is 5. The summed E-state index contributed by atoms with van der Waals surface area (Å²) >= 11 is 11.9. The molecule has 0 bridgehead atoms. The highest BCUT2D eigenvalue weighted by molar-refractivity contribution is 6.35. The van der Waals surface area contributed by atoms with E-state index in [-0.39, 0.29) is 18.1 Å². The highest BCUT2D eigenvalue weighted by atomic mass is 35.5. The molecule has 1 amide bonds. The Hall–Kier alpha value is -2.24. The van der Waals surface area contributed by atoms with Crippen LogP contribution in [-0.2, 0) is 4.79 Å². The SMILES string of the molecule is Cc1cc2c(cc1/C=N/NC(=O)COc1ccc(Cl)cc1Cl)[C@@H](C)CC(C)(C)N2C. The molecule has 0 saturated heterocycles. The zero-order valence-electron chi connectivity index (χ0n) is 17.9. The number of nitrogens with zero attached hydrogens (tertiary/aromatic N) is 2. The summed E-state index contributed by atoms with van der Waals surface area (Å²) in [6.07, 6.45) is 2.76. The van der Waals surface area contributed by atoms with Crippen molar-refractivity contribution in [2.45, 2.75) is 45.6 Å². The van der Waals surface area contributed by atoms with Crippen molar-refractivity contribution in [1.82, 2.24) is 5.43 Å². The Bertz CT molecular complexity index is 989. The lowest BCUT2D eigenvalue weighted by atomic mass is 9.79. The van der Waals surface area contributed by atoms with Crippen LogP contribution < -0.4 is 15.1 Å². The normalized spacial score (nSPS) is 17.7. The van der Waals surface area contributed by atoms with Gasteiger partial charge < -0.3 is 9.64 Å². The van der Waals surface area contributed by atoms with Crippen LogP contribution >= 0.6 is 23.2 Å². The van der Waals surface area contributed by atoms with Gasteiger partial charge in [-0.3, -0.25) is 4.79 Å². The van der Waals surface area contributed by atoms with Crippen LogP contribution in [0.5, 0.6) is 5.75 Å². The highest BCUT2D eigenvalue weighted by Gasteiger charge is 2.34. The fraction of sp³-hybridized carbons (Fsp3) is 0.391. The quantitative estimate of drug-likeness (QED) is 0.482. The van der Waals surface area contributed by atoms with Crippen molar-refractivity contribution in [2.75, 3.05) is 18.6 Å². The number of benzene rings is 2. The van der Waals surface area contributed by atoms with Crippen LogP contribution in [0.4, 0.5) is 5.69 Å². The summed E-state index contributed by atoms with van der Waals surface area (Å²) < 4.78 is 5.42. The van der Waals surface area contributed by atoms with Gasteiger partial charge in [0, 0.05) is 23.3 Å². The predicted octanol–water partition coefficient (Wildman–Crippen LogP) is 5.55. The average Bonchev–Trinajstić information content (AvgIpc) is 2.66. The van der Waals surface area contributed by atoms with Crippen molar-refractivity contribution in [1.29, 1.82) is 0 Å². The van der Waals surface area contributed by atoms with Crippen LogP contribution in [0.3, 0.4) is 0 Å². The minimum absolute atomic E-state index is 0.120. The number of hydrazone groups is 1. The van der Waals surface area contributed by atoms with Gasteiger partial charge in [-0.15, -0.1) is 0 Å². The Morgan fingerprint density at radius 2 is 2.07 bits per heavy atom. The lowest BCUT2D eigenvalue weighted by Crippen LogP contribution is -2.45. The first-order chi connectivity index (χ1) is 14.1. The number of hydrogen-bond donors (Lipinski definition) is 1. The minimum atomic E-state index is -0.372. The number of anilines is 1. The van der Waals surface area contributed by atoms with E-state index in [4.69, 9.17) is 27.9 Å². The van der Waals surface area contributed by atoms with Gasteiger partial charge in [-0.25, -0.2) is 5.43 Å². The van der Waals surface area contributed by atoms with E-state index in [0.29, 0.717) is 21.7 Å². The zero-order valence-corrected chi connectivity index (χ0v) is 19.4. The van der Waals surface area contributed by atoms with E-state index in [0.717, 1.165) is 17.5 Å². The molecule has 0 fully saturated rings. The van der Waals surface area contributed by atoms with Gasteiger partial charge >= 0.3 is 0 Å². The molecule has 30 heavy (non-hydrogen) atoms. The van der Waals surface area contributed by atoms with Crippen molar-refractivity contribution in [3.63, 3.8) is 0 Å². The van der Waals surface area contributed by atoms with E-state index in [1.807, 2.05) is 0 Å². The fourth-order valence-electron chi connectivity index (χ4n) is 3.82. The van der Waals surface area contributed by atoms with Gasteiger partial charge in [-0.05, 0) is 80.1 Å². The monoisotopic (exact) mass is 447 g/mol. The Morgan fingerprint density at radius 1 is 1.33 bits per heavy atom. The van der Waals surface area contributed by atoms with Gasteiger partial charge in [-0.2, -0.15) is 5.10 Å². The highest BCUT2D eigenvalue weighted by Crippen LogP contribution is 2.43. The molecule has 2 aromatic carbocycles. The summed E-state index contributed by atoms with van der Waals surface area (Å²) in [6.45, 7) is 8.65. The summed E-state index contributed by atoms with van der Waals surface area (Å²) in [5.74, 6) is 0.473. The maximum atomic E-state index is 12.0. The van der Waals surface area contributed by atoms with E-state index >= 15 is 0 Å². The Morgan fingerprint density at radius 3 is 2.77 bits per heavy atom. The number of hydrogen-bond acceptors (Lipinski definition) is 4. The molecule has 1 aliphatic rings. The van der Waals surface area contributed by atoms with Crippen LogP contribution in [0, 0.1) is 6.92 Å². The van der Waals surface area contributed by atoms with E-state index in [9.17, 15) is 4.79 Å². The van der Waals surface area contributed by atoms with Crippen LogP contribution in [0.15, 0.2) is 35.4 Å². The molecular formula is C23H27Cl2N3O2. The Labute approximate surface area is 188 Å². The molecule has 0 radical (unpaired) electrons. The molecule has 1 N–H and O–H groups in total. The topological polar surface area (TPSA) is 53.9 Å². The Balaban J connectivity index is 1.65. The number of ether oxygens (including phenoxy) is 1. The van der Waals surface area contributed by atoms with E-state index < -0.39 is 0 Å². The van der Waals surface area contributed by atoms with Gasteiger partial charge in [0.2, 0.25) is 0 Å². The second-order valence-corrected chi connectivity index (χ2v) is 9.24. The van der Waals surface area contributed by atoms with Gasteiger partial charge in [0.1, 0.15) is 5.75 Å². The third-order valence-electron chi connectivity index (χ3n) is 5.67. The number of aryl methyl sites for hydroxylation is 1. The number of carbonyl (C=O) groups excluding carboxylic acids is 1. The van der Waals surface area contributed by atoms with Gasteiger partial charge in [0.25, 0.3) is 5.91 Å². The molecule has 1 atom stereocenters. The van der Waals surface area contributed by atoms with Gasteiger partial charge in [-0.1, -0.05) is 30.1 Å². The van der Waals surface area contributed by atoms with Gasteiger partial charge in [0.15, 0.2) is 6.61 Å². The number of amides is 1. The molecule has 1 heterocycles. The number of nitrogens with one attached hydrogen (secondary N) is 1. The molecular weight excluding hydrogens is 421 g/mol. The first kappa shape index (κ1) is 22.4. The summed E-state index contributed by atoms with van der Waals surface area (Å²) in [7, 11) is 2.14. The van der Waals surface area contributed by atoms with Gasteiger partial charge in [0.05, 0.1) is 11.2 Å². The first-order valence-electron chi connectivity index (χ1n) is 9.86. The smallest absolute Gasteiger partial charge is 0.277 e. The van der Waals surface area contributed by atoms with Crippen LogP contribution in [0.2, 0.25) is 10.0 Å². The second kappa shape index (κ2) is 8.86. The third-order valence-corrected chi connectivity index (χ3v) is 6.20. The molecule has 0 aromatic heterocycles. The standard InChI is InChI=1S/C23H27Cl2N3O2/c1-14-8-20-18(15(2)11-23(3,4)28(20)5)9-16(14)12-26-27-22(29)13-30-21-7-6-17(24)10-19(21)25/h6-10,12,15H,11,13H2,1-5H3,(H,27,29)/b26-12+/t15-/m0/s1. The Kier molecular flexibility index (Phi) is 6.63. The summed E-state index contributed by atoms with van der Waals surface area (Å²) in [5, 5.41) is 4.96. The molecule has 5 nitrogen and oxygen atoms in total. The fourth-order valence-corrected chi connectivity index (χ4v) is 4.28. The van der Waals surface area contributed by atoms with Crippen molar-refractivity contribution >= 4 is 41.0 Å². The largest absolute Gasteiger partial charge is 0.482 e. The summed E-state index contributed by atoms with van der Waals surface area (Å²) in [4.78, 5) is 14.4.